The van der Waals surface area contributed by atoms with E-state index in [2.05, 4.69) is 16.7 Å². The summed E-state index contributed by atoms with van der Waals surface area (Å²) in [6.07, 6.45) is 11.2. The van der Waals surface area contributed by atoms with E-state index in [4.69, 9.17) is 5.11 Å². The highest BCUT2D eigenvalue weighted by atomic mass is 16.5. The number of carboxylic acids is 1. The van der Waals surface area contributed by atoms with Crippen molar-refractivity contribution in [1.29, 1.82) is 0 Å². The van der Waals surface area contributed by atoms with Gasteiger partial charge in [-0.3, -0.25) is 14.6 Å². The molecule has 21 heavy (non-hydrogen) atoms. The van der Waals surface area contributed by atoms with Crippen LogP contribution >= 0.6 is 0 Å². The number of hydrogen-bond acceptors (Lipinski definition) is 4. The van der Waals surface area contributed by atoms with E-state index >= 15 is 0 Å². The van der Waals surface area contributed by atoms with Crippen LogP contribution in [0.1, 0.15) is 71.6 Å². The van der Waals surface area contributed by atoms with Crippen LogP contribution in [-0.4, -0.2) is 36.9 Å². The van der Waals surface area contributed by atoms with Crippen molar-refractivity contribution in [2.45, 2.75) is 71.6 Å². The maximum absolute atomic E-state index is 10.7. The lowest BCUT2D eigenvalue weighted by molar-refractivity contribution is -0.139. The Kier molecular flexibility index (Phi) is 19.4. The van der Waals surface area contributed by atoms with Crippen molar-refractivity contribution in [1.82, 2.24) is 0 Å². The first-order valence-corrected chi connectivity index (χ1v) is 7.85. The summed E-state index contributed by atoms with van der Waals surface area (Å²) in [7, 11) is 1.40. The first-order valence-electron chi connectivity index (χ1n) is 7.85. The second-order valence-electron chi connectivity index (χ2n) is 4.74. The summed E-state index contributed by atoms with van der Waals surface area (Å²) in [6, 6.07) is 0. The molecule has 0 unspecified atom stereocenters. The van der Waals surface area contributed by atoms with Gasteiger partial charge in [0, 0.05) is 19.2 Å². The largest absolute Gasteiger partial charge is 0.481 e. The molecule has 124 valence electrons. The Morgan fingerprint density at radius 2 is 1.57 bits per heavy atom. The van der Waals surface area contributed by atoms with Gasteiger partial charge in [0.2, 0.25) is 0 Å². The Morgan fingerprint density at radius 3 is 2.05 bits per heavy atom. The average molecular weight is 301 g/mol. The van der Waals surface area contributed by atoms with Gasteiger partial charge < -0.3 is 9.84 Å². The number of rotatable bonds is 11. The van der Waals surface area contributed by atoms with E-state index in [1.165, 1.54) is 45.6 Å². The Hall–Kier alpha value is -1.39. The van der Waals surface area contributed by atoms with Crippen molar-refractivity contribution in [3.8, 4) is 0 Å². The molecular formula is C16H31NO4. The molecular weight excluding hydrogens is 270 g/mol. The second-order valence-corrected chi connectivity index (χ2v) is 4.74. The van der Waals surface area contributed by atoms with Crippen molar-refractivity contribution < 1.29 is 19.4 Å². The fourth-order valence-electron chi connectivity index (χ4n) is 1.47. The number of aliphatic carboxylic acids is 1. The molecule has 0 rings (SSSR count). The molecule has 0 aromatic carbocycles. The van der Waals surface area contributed by atoms with Crippen LogP contribution in [0, 0.1) is 0 Å². The Balaban J connectivity index is 0. The molecule has 0 heterocycles. The Morgan fingerprint density at radius 1 is 1.05 bits per heavy atom. The van der Waals surface area contributed by atoms with Gasteiger partial charge in [0.25, 0.3) is 0 Å². The molecule has 0 fully saturated rings. The highest BCUT2D eigenvalue weighted by Crippen LogP contribution is 2.06. The van der Waals surface area contributed by atoms with Crippen LogP contribution in [0.15, 0.2) is 4.99 Å². The molecule has 0 amide bonds. The van der Waals surface area contributed by atoms with Gasteiger partial charge in [0.05, 0.1) is 13.5 Å². The van der Waals surface area contributed by atoms with Gasteiger partial charge in [-0.2, -0.15) is 0 Å². The van der Waals surface area contributed by atoms with E-state index in [0.29, 0.717) is 6.42 Å². The number of esters is 1. The highest BCUT2D eigenvalue weighted by Gasteiger charge is 1.94. The average Bonchev–Trinajstić information content (AvgIpc) is 2.49. The standard InChI is InChI=1S/C13H25NO2.C3H6O2/c1-3-4-5-6-7-8-9-11-14-12-10-13(15)16-2;1-2-3(4)5/h12H,3-11H2,1-2H3;2H2,1H3,(H,4,5). The summed E-state index contributed by atoms with van der Waals surface area (Å²) in [5, 5.41) is 7.72. The molecule has 0 aromatic heterocycles. The normalized spacial score (nSPS) is 10.0. The SMILES string of the molecule is CCC(=O)O.CCCCCCCCCN=CCC(=O)OC. The summed E-state index contributed by atoms with van der Waals surface area (Å²) >= 11 is 0. The lowest BCUT2D eigenvalue weighted by atomic mass is 10.1. The summed E-state index contributed by atoms with van der Waals surface area (Å²) in [5.74, 6) is -0.965. The van der Waals surface area contributed by atoms with Gasteiger partial charge in [-0.15, -0.1) is 0 Å². The monoisotopic (exact) mass is 301 g/mol. The third kappa shape index (κ3) is 24.1. The van der Waals surface area contributed by atoms with E-state index in [-0.39, 0.29) is 12.4 Å². The van der Waals surface area contributed by atoms with E-state index in [0.717, 1.165) is 13.0 Å². The molecule has 0 spiro atoms. The molecule has 5 nitrogen and oxygen atoms in total. The predicted molar refractivity (Wildman–Crippen MR) is 85.9 cm³/mol. The van der Waals surface area contributed by atoms with Crippen molar-refractivity contribution in [2.24, 2.45) is 4.99 Å². The second kappa shape index (κ2) is 18.6. The molecule has 0 saturated heterocycles. The van der Waals surface area contributed by atoms with Crippen LogP contribution in [-0.2, 0) is 14.3 Å². The minimum atomic E-state index is -0.745. The van der Waals surface area contributed by atoms with Crippen LogP contribution in [0.3, 0.4) is 0 Å². The molecule has 0 aliphatic carbocycles. The number of hydrogen-bond donors (Lipinski definition) is 1. The van der Waals surface area contributed by atoms with Gasteiger partial charge >= 0.3 is 11.9 Å². The van der Waals surface area contributed by atoms with E-state index in [1.807, 2.05) is 0 Å². The summed E-state index contributed by atoms with van der Waals surface area (Å²) in [6.45, 7) is 4.67. The number of carbonyl (C=O) groups is 2. The van der Waals surface area contributed by atoms with Gasteiger partial charge in [-0.1, -0.05) is 52.4 Å². The van der Waals surface area contributed by atoms with Crippen LogP contribution < -0.4 is 0 Å². The van der Waals surface area contributed by atoms with Crippen molar-refractivity contribution in [3.63, 3.8) is 0 Å². The molecule has 0 saturated carbocycles. The number of unbranched alkanes of at least 4 members (excludes halogenated alkanes) is 6. The molecule has 1 N–H and O–H groups in total. The lowest BCUT2D eigenvalue weighted by Gasteiger charge is -1.98. The molecule has 0 aliphatic heterocycles. The fourth-order valence-corrected chi connectivity index (χ4v) is 1.47. The smallest absolute Gasteiger partial charge is 0.310 e. The molecule has 0 aromatic rings. The third-order valence-corrected chi connectivity index (χ3v) is 2.81. The summed E-state index contributed by atoms with van der Waals surface area (Å²) in [4.78, 5) is 24.3. The molecule has 0 aliphatic rings. The van der Waals surface area contributed by atoms with Crippen LogP contribution in [0.2, 0.25) is 0 Å². The minimum absolute atomic E-state index is 0.219. The first-order chi connectivity index (χ1) is 10.1. The first kappa shape index (κ1) is 21.9. The number of nitrogens with zero attached hydrogens (tertiary/aromatic N) is 1. The van der Waals surface area contributed by atoms with Crippen molar-refractivity contribution in [3.05, 3.63) is 0 Å². The van der Waals surface area contributed by atoms with E-state index in [1.54, 1.807) is 13.1 Å². The van der Waals surface area contributed by atoms with Crippen LogP contribution in [0.4, 0.5) is 0 Å². The predicted octanol–water partition coefficient (Wildman–Crippen LogP) is 3.85. The maximum atomic E-state index is 10.7. The molecule has 5 heteroatoms. The zero-order chi connectivity index (χ0) is 16.3. The van der Waals surface area contributed by atoms with E-state index < -0.39 is 5.97 Å². The minimum Gasteiger partial charge on any atom is -0.481 e. The van der Waals surface area contributed by atoms with Gasteiger partial charge in [-0.05, 0) is 6.42 Å². The third-order valence-electron chi connectivity index (χ3n) is 2.81. The zero-order valence-corrected chi connectivity index (χ0v) is 13.8. The Bertz CT molecular complexity index is 277. The fraction of sp³-hybridized carbons (Fsp3) is 0.812. The number of carbonyl (C=O) groups excluding carboxylic acids is 1. The Labute approximate surface area is 128 Å². The number of carboxylic acid groups (broad SMARTS) is 1. The topological polar surface area (TPSA) is 76.0 Å². The van der Waals surface area contributed by atoms with Crippen molar-refractivity contribution >= 4 is 18.2 Å². The van der Waals surface area contributed by atoms with Crippen molar-refractivity contribution in [2.75, 3.05) is 13.7 Å². The zero-order valence-electron chi connectivity index (χ0n) is 13.8. The van der Waals surface area contributed by atoms with E-state index in [9.17, 15) is 9.59 Å². The molecule has 0 bridgehead atoms. The lowest BCUT2D eigenvalue weighted by Crippen LogP contribution is -2.00. The van der Waals surface area contributed by atoms with Gasteiger partial charge in [0.1, 0.15) is 0 Å². The molecule has 0 atom stereocenters. The number of ether oxygens (including phenoxy) is 1. The van der Waals surface area contributed by atoms with Gasteiger partial charge in [-0.25, -0.2) is 0 Å². The maximum Gasteiger partial charge on any atom is 0.310 e. The summed E-state index contributed by atoms with van der Waals surface area (Å²) < 4.78 is 4.50. The highest BCUT2D eigenvalue weighted by molar-refractivity contribution is 5.85. The van der Waals surface area contributed by atoms with Crippen LogP contribution in [0.5, 0.6) is 0 Å². The van der Waals surface area contributed by atoms with Crippen LogP contribution in [0.25, 0.3) is 0 Å². The number of methoxy groups -OCH3 is 1. The number of aliphatic imine (C=N–C) groups is 1. The summed E-state index contributed by atoms with van der Waals surface area (Å²) in [5.41, 5.74) is 0. The molecule has 0 radical (unpaired) electrons. The quantitative estimate of drug-likeness (QED) is 0.357. The van der Waals surface area contributed by atoms with Gasteiger partial charge in [0.15, 0.2) is 0 Å².